The monoisotopic (exact) mass is 467 g/mol. The minimum Gasteiger partial charge on any atom is -0.460 e. The van der Waals surface area contributed by atoms with Crippen molar-refractivity contribution in [1.29, 1.82) is 0 Å². The molecule has 34 heavy (non-hydrogen) atoms. The molecule has 0 saturated heterocycles. The van der Waals surface area contributed by atoms with Crippen LogP contribution in [0.1, 0.15) is 65.0 Å². The van der Waals surface area contributed by atoms with Crippen molar-refractivity contribution in [2.24, 2.45) is 0 Å². The van der Waals surface area contributed by atoms with Crippen molar-refractivity contribution in [3.05, 3.63) is 59.7 Å². The fourth-order valence-electron chi connectivity index (χ4n) is 3.90. The third kappa shape index (κ3) is 6.59. The van der Waals surface area contributed by atoms with Crippen LogP contribution < -0.4 is 5.32 Å². The lowest BCUT2D eigenvalue weighted by Crippen LogP contribution is -2.46. The first-order valence-corrected chi connectivity index (χ1v) is 11.4. The van der Waals surface area contributed by atoms with Gasteiger partial charge in [-0.25, -0.2) is 9.59 Å². The Morgan fingerprint density at radius 1 is 0.824 bits per heavy atom. The molecule has 1 N–H and O–H groups in total. The molecule has 7 heteroatoms. The number of carbonyl (C=O) groups excluding carboxylic acids is 3. The van der Waals surface area contributed by atoms with E-state index in [1.807, 2.05) is 48.5 Å². The van der Waals surface area contributed by atoms with Gasteiger partial charge in [-0.3, -0.25) is 4.79 Å². The molecule has 0 fully saturated rings. The first-order chi connectivity index (χ1) is 15.8. The average molecular weight is 468 g/mol. The first kappa shape index (κ1) is 25.3. The van der Waals surface area contributed by atoms with E-state index in [-0.39, 0.29) is 18.9 Å². The summed E-state index contributed by atoms with van der Waals surface area (Å²) in [5.41, 5.74) is 2.88. The van der Waals surface area contributed by atoms with E-state index in [4.69, 9.17) is 14.2 Å². The van der Waals surface area contributed by atoms with Gasteiger partial charge in [0.15, 0.2) is 0 Å². The molecule has 0 radical (unpaired) electrons. The van der Waals surface area contributed by atoms with Crippen molar-refractivity contribution in [2.75, 3.05) is 6.61 Å². The number of ether oxygens (including phenoxy) is 3. The van der Waals surface area contributed by atoms with E-state index in [1.54, 1.807) is 41.5 Å². The van der Waals surface area contributed by atoms with E-state index in [0.717, 1.165) is 22.3 Å². The number of rotatable bonds is 6. The van der Waals surface area contributed by atoms with Gasteiger partial charge in [-0.1, -0.05) is 48.5 Å². The Morgan fingerprint density at radius 2 is 1.32 bits per heavy atom. The zero-order valence-electron chi connectivity index (χ0n) is 20.6. The number of carbonyl (C=O) groups is 3. The van der Waals surface area contributed by atoms with Gasteiger partial charge >= 0.3 is 18.0 Å². The molecule has 2 aromatic rings. The van der Waals surface area contributed by atoms with Crippen molar-refractivity contribution in [1.82, 2.24) is 5.32 Å². The molecule has 0 unspecified atom stereocenters. The van der Waals surface area contributed by atoms with Gasteiger partial charge in [0, 0.05) is 5.92 Å². The number of hydrogen-bond acceptors (Lipinski definition) is 6. The highest BCUT2D eigenvalue weighted by Crippen LogP contribution is 2.44. The molecular weight excluding hydrogens is 434 g/mol. The summed E-state index contributed by atoms with van der Waals surface area (Å²) in [7, 11) is 0. The molecule has 7 nitrogen and oxygen atoms in total. The molecule has 0 saturated carbocycles. The summed E-state index contributed by atoms with van der Waals surface area (Å²) in [5.74, 6) is -1.47. The molecular formula is C27H33NO6. The number of alkyl carbamates (subject to hydrolysis) is 1. The van der Waals surface area contributed by atoms with Gasteiger partial charge < -0.3 is 19.5 Å². The SMILES string of the molecule is CC(C)(C)OC(=O)C[C@H](NC(=O)OCC1c2ccccc2-c2ccccc21)C(=O)OC(C)(C)C. The van der Waals surface area contributed by atoms with E-state index in [1.165, 1.54) is 0 Å². The number of hydrogen-bond donors (Lipinski definition) is 1. The van der Waals surface area contributed by atoms with Crippen molar-refractivity contribution in [3.63, 3.8) is 0 Å². The zero-order valence-corrected chi connectivity index (χ0v) is 20.6. The van der Waals surface area contributed by atoms with Crippen LogP contribution >= 0.6 is 0 Å². The minimum absolute atomic E-state index is 0.0906. The van der Waals surface area contributed by atoms with Gasteiger partial charge in [0.1, 0.15) is 23.9 Å². The summed E-state index contributed by atoms with van der Waals surface area (Å²) in [6, 6.07) is 14.8. The highest BCUT2D eigenvalue weighted by Gasteiger charge is 2.33. The highest BCUT2D eigenvalue weighted by atomic mass is 16.6. The second-order valence-corrected chi connectivity index (χ2v) is 10.3. The van der Waals surface area contributed by atoms with Crippen LogP contribution in [0.25, 0.3) is 11.1 Å². The van der Waals surface area contributed by atoms with Gasteiger partial charge in [-0.05, 0) is 63.8 Å². The van der Waals surface area contributed by atoms with Crippen molar-refractivity contribution < 1.29 is 28.6 Å². The lowest BCUT2D eigenvalue weighted by atomic mass is 9.98. The topological polar surface area (TPSA) is 90.9 Å². The minimum atomic E-state index is -1.23. The van der Waals surface area contributed by atoms with E-state index < -0.39 is 35.3 Å². The van der Waals surface area contributed by atoms with E-state index >= 15 is 0 Å². The molecule has 0 bridgehead atoms. The molecule has 1 aliphatic rings. The number of esters is 2. The smallest absolute Gasteiger partial charge is 0.407 e. The quantitative estimate of drug-likeness (QED) is 0.477. The van der Waals surface area contributed by atoms with Gasteiger partial charge in [0.2, 0.25) is 0 Å². The largest absolute Gasteiger partial charge is 0.460 e. The summed E-state index contributed by atoms with van der Waals surface area (Å²) in [5, 5.41) is 2.49. The van der Waals surface area contributed by atoms with Crippen LogP contribution in [0.4, 0.5) is 4.79 Å². The van der Waals surface area contributed by atoms with Crippen LogP contribution in [0.3, 0.4) is 0 Å². The Bertz CT molecular complexity index is 1020. The highest BCUT2D eigenvalue weighted by molar-refractivity contribution is 5.86. The molecule has 0 aliphatic heterocycles. The summed E-state index contributed by atoms with van der Waals surface area (Å²) in [6.45, 7) is 10.4. The predicted octanol–water partition coefficient (Wildman–Crippen LogP) is 4.97. The lowest BCUT2D eigenvalue weighted by molar-refractivity contribution is -0.164. The standard InChI is InChI=1S/C27H33NO6/c1-26(2,3)33-23(29)15-22(24(30)34-27(4,5)6)28-25(31)32-16-21-19-13-9-7-11-17(19)18-12-8-10-14-20(18)21/h7-14,21-22H,15-16H2,1-6H3,(H,28,31)/t22-/m0/s1. The van der Waals surface area contributed by atoms with Crippen LogP contribution in [0, 0.1) is 0 Å². The van der Waals surface area contributed by atoms with Crippen molar-refractivity contribution in [3.8, 4) is 11.1 Å². The van der Waals surface area contributed by atoms with Crippen LogP contribution in [0.5, 0.6) is 0 Å². The number of amides is 1. The van der Waals surface area contributed by atoms with Crippen LogP contribution in [0.15, 0.2) is 48.5 Å². The van der Waals surface area contributed by atoms with Gasteiger partial charge in [-0.2, -0.15) is 0 Å². The molecule has 182 valence electrons. The Kier molecular flexibility index (Phi) is 7.34. The molecule has 0 spiro atoms. The number of benzene rings is 2. The fourth-order valence-corrected chi connectivity index (χ4v) is 3.90. The Balaban J connectivity index is 1.69. The third-order valence-electron chi connectivity index (χ3n) is 5.12. The zero-order chi connectivity index (χ0) is 25.1. The number of fused-ring (bicyclic) bond motifs is 3. The van der Waals surface area contributed by atoms with E-state index in [0.29, 0.717) is 0 Å². The molecule has 0 aromatic heterocycles. The van der Waals surface area contributed by atoms with Crippen LogP contribution in [0.2, 0.25) is 0 Å². The maximum absolute atomic E-state index is 12.7. The summed E-state index contributed by atoms with van der Waals surface area (Å²) >= 11 is 0. The summed E-state index contributed by atoms with van der Waals surface area (Å²) in [4.78, 5) is 37.7. The molecule has 1 atom stereocenters. The van der Waals surface area contributed by atoms with Crippen LogP contribution in [-0.2, 0) is 23.8 Å². The number of nitrogens with one attached hydrogen (secondary N) is 1. The predicted molar refractivity (Wildman–Crippen MR) is 128 cm³/mol. The Morgan fingerprint density at radius 3 is 1.82 bits per heavy atom. The maximum atomic E-state index is 12.7. The second-order valence-electron chi connectivity index (χ2n) is 10.3. The molecule has 0 heterocycles. The molecule has 2 aromatic carbocycles. The Labute approximate surface area is 200 Å². The van der Waals surface area contributed by atoms with Crippen molar-refractivity contribution >= 4 is 18.0 Å². The first-order valence-electron chi connectivity index (χ1n) is 11.4. The summed E-state index contributed by atoms with van der Waals surface area (Å²) in [6.07, 6.45) is -1.17. The fraction of sp³-hybridized carbons (Fsp3) is 0.444. The normalized spacial score (nSPS) is 13.9. The van der Waals surface area contributed by atoms with Crippen molar-refractivity contribution in [2.45, 2.75) is 71.1 Å². The second kappa shape index (κ2) is 9.87. The summed E-state index contributed by atoms with van der Waals surface area (Å²) < 4.78 is 16.2. The average Bonchev–Trinajstić information content (AvgIpc) is 3.03. The van der Waals surface area contributed by atoms with Gasteiger partial charge in [0.05, 0.1) is 6.42 Å². The maximum Gasteiger partial charge on any atom is 0.407 e. The third-order valence-corrected chi connectivity index (χ3v) is 5.12. The Hall–Kier alpha value is -3.35. The van der Waals surface area contributed by atoms with E-state index in [9.17, 15) is 14.4 Å². The lowest BCUT2D eigenvalue weighted by Gasteiger charge is -2.25. The van der Waals surface area contributed by atoms with Gasteiger partial charge in [-0.15, -0.1) is 0 Å². The van der Waals surface area contributed by atoms with E-state index in [2.05, 4.69) is 5.32 Å². The molecule has 1 aliphatic carbocycles. The molecule has 1 amide bonds. The van der Waals surface area contributed by atoms with Gasteiger partial charge in [0.25, 0.3) is 0 Å². The van der Waals surface area contributed by atoms with Crippen LogP contribution in [-0.4, -0.2) is 41.9 Å². The molecule has 3 rings (SSSR count).